The van der Waals surface area contributed by atoms with Crippen LogP contribution in [0.1, 0.15) is 25.0 Å². The third-order valence-corrected chi connectivity index (χ3v) is 4.57. The summed E-state index contributed by atoms with van der Waals surface area (Å²) in [4.78, 5) is 0. The topological polar surface area (TPSA) is 58.9 Å². The minimum absolute atomic E-state index is 0.0627. The molecule has 0 spiro atoms. The van der Waals surface area contributed by atoms with Crippen molar-refractivity contribution >= 4 is 0 Å². The molecule has 2 unspecified atom stereocenters. The minimum Gasteiger partial charge on any atom is -0.504 e. The van der Waals surface area contributed by atoms with Crippen molar-refractivity contribution in [3.05, 3.63) is 47.5 Å². The van der Waals surface area contributed by atoms with E-state index in [9.17, 15) is 10.2 Å². The van der Waals surface area contributed by atoms with Gasteiger partial charge >= 0.3 is 0 Å². The van der Waals surface area contributed by atoms with Crippen LogP contribution in [0.5, 0.6) is 23.0 Å². The summed E-state index contributed by atoms with van der Waals surface area (Å²) < 4.78 is 10.6. The average molecular weight is 330 g/mol. The molecule has 0 aromatic heterocycles. The van der Waals surface area contributed by atoms with Crippen LogP contribution in [0.4, 0.5) is 0 Å². The molecule has 2 rings (SSSR count). The molecule has 2 aromatic carbocycles. The number of benzene rings is 2. The standard InChI is InChI=1S/C20H26O4/c1-13(9-15-5-7-17(21)18(22)11-15)14(2)10-16-6-8-19(23-3)20(12-16)24-4/h5-8,11-14,21-22H,9-10H2,1-4H3. The van der Waals surface area contributed by atoms with Gasteiger partial charge in [-0.25, -0.2) is 0 Å². The molecular formula is C20H26O4. The van der Waals surface area contributed by atoms with Crippen molar-refractivity contribution < 1.29 is 19.7 Å². The third kappa shape index (κ3) is 4.34. The van der Waals surface area contributed by atoms with Gasteiger partial charge in [0.2, 0.25) is 0 Å². The Kier molecular flexibility index (Phi) is 5.96. The van der Waals surface area contributed by atoms with Crippen molar-refractivity contribution in [3.8, 4) is 23.0 Å². The summed E-state index contributed by atoms with van der Waals surface area (Å²) in [5.41, 5.74) is 2.23. The Morgan fingerprint density at radius 3 is 1.83 bits per heavy atom. The Bertz CT molecular complexity index is 681. The van der Waals surface area contributed by atoms with Crippen LogP contribution in [0.15, 0.2) is 36.4 Å². The van der Waals surface area contributed by atoms with Gasteiger partial charge in [-0.3, -0.25) is 0 Å². The Morgan fingerprint density at radius 1 is 0.750 bits per heavy atom. The first kappa shape index (κ1) is 18.0. The van der Waals surface area contributed by atoms with Crippen LogP contribution in [0.25, 0.3) is 0 Å². The molecule has 0 radical (unpaired) electrons. The maximum Gasteiger partial charge on any atom is 0.160 e. The number of rotatable bonds is 7. The van der Waals surface area contributed by atoms with E-state index >= 15 is 0 Å². The van der Waals surface area contributed by atoms with E-state index < -0.39 is 0 Å². The minimum atomic E-state index is -0.0789. The quantitative estimate of drug-likeness (QED) is 0.748. The van der Waals surface area contributed by atoms with E-state index in [-0.39, 0.29) is 11.5 Å². The average Bonchev–Trinajstić information content (AvgIpc) is 2.57. The van der Waals surface area contributed by atoms with Crippen molar-refractivity contribution in [1.29, 1.82) is 0 Å². The molecule has 4 heteroatoms. The van der Waals surface area contributed by atoms with Gasteiger partial charge in [-0.1, -0.05) is 26.0 Å². The molecule has 0 saturated heterocycles. The Balaban J connectivity index is 2.03. The lowest BCUT2D eigenvalue weighted by Crippen LogP contribution is -2.13. The summed E-state index contributed by atoms with van der Waals surface area (Å²) in [6, 6.07) is 11.1. The van der Waals surface area contributed by atoms with Crippen LogP contribution in [0.2, 0.25) is 0 Å². The van der Waals surface area contributed by atoms with E-state index in [0.29, 0.717) is 11.8 Å². The first-order valence-electron chi connectivity index (χ1n) is 8.16. The molecule has 130 valence electrons. The summed E-state index contributed by atoms with van der Waals surface area (Å²) in [6.45, 7) is 4.43. The predicted octanol–water partition coefficient (Wildman–Crippen LogP) is 4.17. The zero-order valence-electron chi connectivity index (χ0n) is 14.7. The lowest BCUT2D eigenvalue weighted by atomic mass is 9.85. The van der Waals surface area contributed by atoms with Crippen LogP contribution in [-0.2, 0) is 12.8 Å². The summed E-state index contributed by atoms with van der Waals surface area (Å²) in [5.74, 6) is 2.23. The number of hydrogen-bond donors (Lipinski definition) is 2. The van der Waals surface area contributed by atoms with Gasteiger partial charge in [0.1, 0.15) is 0 Å². The summed E-state index contributed by atoms with van der Waals surface area (Å²) >= 11 is 0. The molecule has 0 saturated carbocycles. The molecule has 0 fully saturated rings. The van der Waals surface area contributed by atoms with Gasteiger partial charge in [0, 0.05) is 0 Å². The molecule has 0 heterocycles. The van der Waals surface area contributed by atoms with E-state index in [1.165, 1.54) is 11.6 Å². The Hall–Kier alpha value is -2.36. The van der Waals surface area contributed by atoms with Crippen molar-refractivity contribution in [2.45, 2.75) is 26.7 Å². The molecule has 0 aliphatic carbocycles. The maximum absolute atomic E-state index is 9.62. The monoisotopic (exact) mass is 330 g/mol. The lowest BCUT2D eigenvalue weighted by molar-refractivity contribution is 0.352. The zero-order chi connectivity index (χ0) is 17.7. The van der Waals surface area contributed by atoms with Crippen molar-refractivity contribution in [2.24, 2.45) is 11.8 Å². The summed E-state index contributed by atoms with van der Waals surface area (Å²) in [6.07, 6.45) is 1.79. The Labute approximate surface area is 143 Å². The highest BCUT2D eigenvalue weighted by molar-refractivity contribution is 5.43. The number of phenols is 2. The molecule has 4 nitrogen and oxygen atoms in total. The zero-order valence-corrected chi connectivity index (χ0v) is 14.7. The number of methoxy groups -OCH3 is 2. The fourth-order valence-corrected chi connectivity index (χ4v) is 2.85. The van der Waals surface area contributed by atoms with Gasteiger partial charge in [-0.2, -0.15) is 0 Å². The van der Waals surface area contributed by atoms with Gasteiger partial charge in [0.15, 0.2) is 23.0 Å². The van der Waals surface area contributed by atoms with Crippen molar-refractivity contribution in [2.75, 3.05) is 14.2 Å². The van der Waals surface area contributed by atoms with E-state index in [1.807, 2.05) is 18.2 Å². The van der Waals surface area contributed by atoms with Crippen LogP contribution >= 0.6 is 0 Å². The van der Waals surface area contributed by atoms with Crippen molar-refractivity contribution in [1.82, 2.24) is 0 Å². The molecule has 0 bridgehead atoms. The predicted molar refractivity (Wildman–Crippen MR) is 95.1 cm³/mol. The van der Waals surface area contributed by atoms with E-state index in [0.717, 1.165) is 29.9 Å². The molecule has 0 amide bonds. The highest BCUT2D eigenvalue weighted by atomic mass is 16.5. The van der Waals surface area contributed by atoms with Crippen LogP contribution in [-0.4, -0.2) is 24.4 Å². The van der Waals surface area contributed by atoms with Crippen LogP contribution in [0, 0.1) is 11.8 Å². The maximum atomic E-state index is 9.62. The smallest absolute Gasteiger partial charge is 0.160 e. The summed E-state index contributed by atoms with van der Waals surface area (Å²) in [5, 5.41) is 19.0. The second kappa shape index (κ2) is 7.95. The molecular weight excluding hydrogens is 304 g/mol. The van der Waals surface area contributed by atoms with Gasteiger partial charge in [0.25, 0.3) is 0 Å². The van der Waals surface area contributed by atoms with Gasteiger partial charge < -0.3 is 19.7 Å². The highest BCUT2D eigenvalue weighted by Crippen LogP contribution is 2.31. The molecule has 2 aromatic rings. The molecule has 2 N–H and O–H groups in total. The van der Waals surface area contributed by atoms with E-state index in [1.54, 1.807) is 20.3 Å². The number of phenolic OH excluding ortho intramolecular Hbond substituents is 2. The molecule has 2 atom stereocenters. The fourth-order valence-electron chi connectivity index (χ4n) is 2.85. The number of ether oxygens (including phenoxy) is 2. The van der Waals surface area contributed by atoms with Gasteiger partial charge in [-0.05, 0) is 60.1 Å². The van der Waals surface area contributed by atoms with Crippen LogP contribution in [0.3, 0.4) is 0 Å². The first-order valence-corrected chi connectivity index (χ1v) is 8.16. The lowest BCUT2D eigenvalue weighted by Gasteiger charge is -2.21. The number of aromatic hydroxyl groups is 2. The van der Waals surface area contributed by atoms with Gasteiger partial charge in [-0.15, -0.1) is 0 Å². The van der Waals surface area contributed by atoms with Crippen molar-refractivity contribution in [3.63, 3.8) is 0 Å². The largest absolute Gasteiger partial charge is 0.504 e. The molecule has 0 aliphatic heterocycles. The summed E-state index contributed by atoms with van der Waals surface area (Å²) in [7, 11) is 3.28. The second-order valence-corrected chi connectivity index (χ2v) is 6.38. The normalized spacial score (nSPS) is 13.3. The fraction of sp³-hybridized carbons (Fsp3) is 0.400. The highest BCUT2D eigenvalue weighted by Gasteiger charge is 2.15. The molecule has 0 aliphatic rings. The Morgan fingerprint density at radius 2 is 1.29 bits per heavy atom. The third-order valence-electron chi connectivity index (χ3n) is 4.57. The SMILES string of the molecule is COc1ccc(CC(C)C(C)Cc2ccc(O)c(O)c2)cc1OC. The van der Waals surface area contributed by atoms with E-state index in [4.69, 9.17) is 9.47 Å². The second-order valence-electron chi connectivity index (χ2n) is 6.38. The van der Waals surface area contributed by atoms with Crippen LogP contribution < -0.4 is 9.47 Å². The van der Waals surface area contributed by atoms with E-state index in [2.05, 4.69) is 19.9 Å². The number of hydrogen-bond acceptors (Lipinski definition) is 4. The van der Waals surface area contributed by atoms with Gasteiger partial charge in [0.05, 0.1) is 14.2 Å². The molecule has 24 heavy (non-hydrogen) atoms. The first-order chi connectivity index (χ1) is 11.4.